The molecule has 6 rings (SSSR count). The minimum Gasteiger partial charge on any atom is -0.493 e. The van der Waals surface area contributed by atoms with Gasteiger partial charge in [0, 0.05) is 37.2 Å². The van der Waals surface area contributed by atoms with E-state index in [0.717, 1.165) is 55.6 Å². The highest BCUT2D eigenvalue weighted by molar-refractivity contribution is 5.98. The number of carbonyl (C=O) groups is 2. The van der Waals surface area contributed by atoms with Crippen molar-refractivity contribution in [3.05, 3.63) is 114 Å². The number of ether oxygens (including phenoxy) is 3. The van der Waals surface area contributed by atoms with E-state index in [2.05, 4.69) is 22.0 Å². The summed E-state index contributed by atoms with van der Waals surface area (Å²) in [5.74, 6) is 1.86. The number of hydrogen-bond acceptors (Lipinski definition) is 8. The highest BCUT2D eigenvalue weighted by atomic mass is 16.5. The number of aromatic nitrogens is 3. The van der Waals surface area contributed by atoms with Crippen LogP contribution in [0.5, 0.6) is 17.2 Å². The molecule has 1 amide bonds. The molecule has 0 radical (unpaired) electrons. The number of amides is 1. The van der Waals surface area contributed by atoms with Crippen molar-refractivity contribution in [2.24, 2.45) is 5.92 Å². The van der Waals surface area contributed by atoms with Gasteiger partial charge in [0.25, 0.3) is 5.91 Å². The van der Waals surface area contributed by atoms with Gasteiger partial charge in [-0.05, 0) is 80.9 Å². The van der Waals surface area contributed by atoms with E-state index in [4.69, 9.17) is 19.2 Å². The molecule has 0 N–H and O–H groups in total. The number of hydrogen-bond donors (Lipinski definition) is 0. The predicted octanol–water partition coefficient (Wildman–Crippen LogP) is 6.35. The normalized spacial score (nSPS) is 14.3. The number of benzene rings is 3. The van der Waals surface area contributed by atoms with Crippen molar-refractivity contribution in [2.45, 2.75) is 31.7 Å². The number of likely N-dealkylation sites (N-methyl/N-ethyl adjacent to an activating group) is 1. The molecule has 50 heavy (non-hydrogen) atoms. The molecule has 1 atom stereocenters. The lowest BCUT2D eigenvalue weighted by atomic mass is 9.90. The molecule has 1 unspecified atom stereocenters. The Morgan fingerprint density at radius 3 is 2.22 bits per heavy atom. The Kier molecular flexibility index (Phi) is 11.1. The molecule has 1 saturated heterocycles. The first-order valence-corrected chi connectivity index (χ1v) is 17.1. The Labute approximate surface area is 293 Å². The number of piperidine rings is 1. The monoisotopic (exact) mass is 675 g/mol. The first-order chi connectivity index (χ1) is 24.4. The molecule has 2 aromatic heterocycles. The van der Waals surface area contributed by atoms with Gasteiger partial charge in [0.1, 0.15) is 0 Å². The van der Waals surface area contributed by atoms with E-state index in [-0.39, 0.29) is 23.5 Å². The summed E-state index contributed by atoms with van der Waals surface area (Å²) in [6.07, 6.45) is 4.21. The average Bonchev–Trinajstić information content (AvgIpc) is 3.53. The summed E-state index contributed by atoms with van der Waals surface area (Å²) in [6.45, 7) is 3.57. The van der Waals surface area contributed by atoms with Gasteiger partial charge in [-0.15, -0.1) is 0 Å². The fourth-order valence-corrected chi connectivity index (χ4v) is 6.94. The van der Waals surface area contributed by atoms with Gasteiger partial charge in [-0.3, -0.25) is 14.6 Å². The number of fused-ring (bicyclic) bond motifs is 1. The van der Waals surface area contributed by atoms with Crippen LogP contribution in [0.2, 0.25) is 0 Å². The molecule has 0 aliphatic carbocycles. The molecular weight excluding hydrogens is 630 g/mol. The van der Waals surface area contributed by atoms with E-state index in [1.807, 2.05) is 72.3 Å². The third-order valence-electron chi connectivity index (χ3n) is 9.70. The van der Waals surface area contributed by atoms with Gasteiger partial charge in [0.05, 0.1) is 44.6 Å². The largest absolute Gasteiger partial charge is 0.493 e. The third-order valence-corrected chi connectivity index (χ3v) is 9.70. The zero-order chi connectivity index (χ0) is 35.0. The molecule has 3 aromatic carbocycles. The van der Waals surface area contributed by atoms with E-state index >= 15 is 0 Å². The van der Waals surface area contributed by atoms with Crippen molar-refractivity contribution in [3.63, 3.8) is 0 Å². The summed E-state index contributed by atoms with van der Waals surface area (Å²) in [7, 11) is 6.46. The summed E-state index contributed by atoms with van der Waals surface area (Å²) in [6, 6.07) is 27.5. The van der Waals surface area contributed by atoms with Gasteiger partial charge in [0.2, 0.25) is 11.5 Å². The minimum absolute atomic E-state index is 0.0855. The molecule has 260 valence electrons. The summed E-state index contributed by atoms with van der Waals surface area (Å²) >= 11 is 0. The van der Waals surface area contributed by atoms with Crippen LogP contribution in [0.1, 0.15) is 57.4 Å². The zero-order valence-electron chi connectivity index (χ0n) is 29.2. The number of carbonyl (C=O) groups excluding carboxylic acids is 2. The number of rotatable bonds is 14. The lowest BCUT2D eigenvalue weighted by molar-refractivity contribution is 0.0778. The summed E-state index contributed by atoms with van der Waals surface area (Å²) in [4.78, 5) is 41.2. The smallest absolute Gasteiger partial charge is 0.253 e. The van der Waals surface area contributed by atoms with E-state index in [1.165, 1.54) is 5.56 Å². The molecular formula is C40H45N5O5. The lowest BCUT2D eigenvalue weighted by Gasteiger charge is -2.33. The maximum absolute atomic E-state index is 14.0. The fraction of sp³-hybridized carbons (Fsp3) is 0.350. The van der Waals surface area contributed by atoms with Crippen molar-refractivity contribution < 1.29 is 23.8 Å². The van der Waals surface area contributed by atoms with Crippen LogP contribution >= 0.6 is 0 Å². The zero-order valence-corrected chi connectivity index (χ0v) is 29.2. The molecule has 10 heteroatoms. The third kappa shape index (κ3) is 7.65. The van der Waals surface area contributed by atoms with Crippen LogP contribution in [-0.4, -0.2) is 90.6 Å². The highest BCUT2D eigenvalue weighted by Crippen LogP contribution is 2.38. The van der Waals surface area contributed by atoms with Gasteiger partial charge in [-0.2, -0.15) is 0 Å². The van der Waals surface area contributed by atoms with E-state index in [9.17, 15) is 9.59 Å². The molecule has 3 heterocycles. The van der Waals surface area contributed by atoms with Crippen LogP contribution in [0, 0.1) is 5.92 Å². The Morgan fingerprint density at radius 1 is 0.880 bits per heavy atom. The Morgan fingerprint density at radius 2 is 1.56 bits per heavy atom. The second kappa shape index (κ2) is 16.0. The predicted molar refractivity (Wildman–Crippen MR) is 193 cm³/mol. The number of ketones is 1. The lowest BCUT2D eigenvalue weighted by Crippen LogP contribution is -2.38. The summed E-state index contributed by atoms with van der Waals surface area (Å²) in [5.41, 5.74) is 4.32. The number of methoxy groups -OCH3 is 3. The van der Waals surface area contributed by atoms with Gasteiger partial charge >= 0.3 is 0 Å². The molecule has 0 spiro atoms. The van der Waals surface area contributed by atoms with E-state index < -0.39 is 0 Å². The van der Waals surface area contributed by atoms with Gasteiger partial charge in [-0.1, -0.05) is 48.5 Å². The molecule has 10 nitrogen and oxygen atoms in total. The SMILES string of the molecule is COc1cc(C(=O)N(C)CC(CCN2CCC(C(=O)c3nc4ccccc4n3Cc3ccccn3)CC2)c2ccccc2)cc(OC)c1OC. The van der Waals surface area contributed by atoms with Crippen LogP contribution in [0.25, 0.3) is 11.0 Å². The Balaban J connectivity index is 1.11. The number of para-hydroxylation sites is 2. The van der Waals surface area contributed by atoms with Crippen molar-refractivity contribution in [1.82, 2.24) is 24.3 Å². The maximum atomic E-state index is 14.0. The number of pyridine rings is 1. The van der Waals surface area contributed by atoms with Gasteiger partial charge < -0.3 is 28.6 Å². The highest BCUT2D eigenvalue weighted by Gasteiger charge is 2.30. The molecule has 0 bridgehead atoms. The number of imidazole rings is 1. The molecule has 1 aliphatic rings. The van der Waals surface area contributed by atoms with Gasteiger partial charge in [0.15, 0.2) is 17.3 Å². The van der Waals surface area contributed by atoms with E-state index in [1.54, 1.807) is 44.6 Å². The van der Waals surface area contributed by atoms with Crippen LogP contribution < -0.4 is 14.2 Å². The molecule has 1 aliphatic heterocycles. The quantitative estimate of drug-likeness (QED) is 0.126. The number of likely N-dealkylation sites (tertiary alicyclic amines) is 1. The number of nitrogens with zero attached hydrogens (tertiary/aromatic N) is 5. The standard InChI is InChI=1S/C40H45N5O5/c1-43(40(47)31-24-35(48-2)38(50-4)36(25-31)49-3)26-30(28-12-6-5-7-13-28)19-23-44-21-17-29(18-22-44)37(46)39-42-33-15-8-9-16-34(33)45(39)27-32-14-10-11-20-41-32/h5-16,20,24-25,29-30H,17-19,21-23,26-27H2,1-4H3. The fourth-order valence-electron chi connectivity index (χ4n) is 6.94. The molecule has 1 fully saturated rings. The second-order valence-corrected chi connectivity index (χ2v) is 12.8. The number of Topliss-reactive ketones (excluding diaryl/α,β-unsaturated/α-hetero) is 1. The van der Waals surface area contributed by atoms with Crippen molar-refractivity contribution >= 4 is 22.7 Å². The maximum Gasteiger partial charge on any atom is 0.253 e. The summed E-state index contributed by atoms with van der Waals surface area (Å²) in [5, 5.41) is 0. The van der Waals surface area contributed by atoms with Crippen LogP contribution in [0.15, 0.2) is 91.1 Å². The first kappa shape index (κ1) is 34.6. The summed E-state index contributed by atoms with van der Waals surface area (Å²) < 4.78 is 18.4. The van der Waals surface area contributed by atoms with Crippen molar-refractivity contribution in [1.29, 1.82) is 0 Å². The van der Waals surface area contributed by atoms with Gasteiger partial charge in [-0.25, -0.2) is 4.98 Å². The Bertz CT molecular complexity index is 1880. The average molecular weight is 676 g/mol. The van der Waals surface area contributed by atoms with Crippen LogP contribution in [0.4, 0.5) is 0 Å². The molecule has 0 saturated carbocycles. The minimum atomic E-state index is -0.126. The first-order valence-electron chi connectivity index (χ1n) is 17.1. The second-order valence-electron chi connectivity index (χ2n) is 12.8. The Hall–Kier alpha value is -5.22. The van der Waals surface area contributed by atoms with E-state index in [0.29, 0.717) is 41.7 Å². The molecule has 5 aromatic rings. The van der Waals surface area contributed by atoms with Crippen LogP contribution in [-0.2, 0) is 6.54 Å². The van der Waals surface area contributed by atoms with Crippen molar-refractivity contribution in [3.8, 4) is 17.2 Å². The topological polar surface area (TPSA) is 99.0 Å². The van der Waals surface area contributed by atoms with Crippen LogP contribution in [0.3, 0.4) is 0 Å². The van der Waals surface area contributed by atoms with Crippen molar-refractivity contribution in [2.75, 3.05) is 54.6 Å².